The molecule has 21 heavy (non-hydrogen) atoms. The second-order valence-corrected chi connectivity index (χ2v) is 5.16. The molecule has 0 atom stereocenters. The van der Waals surface area contributed by atoms with Gasteiger partial charge >= 0.3 is 0 Å². The molecular formula is C15H14BrNO4. The van der Waals surface area contributed by atoms with E-state index in [-0.39, 0.29) is 5.69 Å². The number of nitro groups is 1. The summed E-state index contributed by atoms with van der Waals surface area (Å²) in [6.07, 6.45) is 0.703. The molecule has 0 aromatic heterocycles. The highest BCUT2D eigenvalue weighted by atomic mass is 79.9. The molecule has 6 heteroatoms. The molecule has 2 aromatic carbocycles. The molecule has 110 valence electrons. The maximum Gasteiger partial charge on any atom is 0.269 e. The predicted octanol–water partition coefficient (Wildman–Crippen LogP) is 3.99. The standard InChI is InChI=1S/C15H14BrNO4/c1-20-14-6-7-15(16)11(10-14)8-9-21-13-4-2-12(3-5-13)17(18)19/h2-7,10H,8-9H2,1H3. The van der Waals surface area contributed by atoms with E-state index in [0.29, 0.717) is 18.8 Å². The smallest absolute Gasteiger partial charge is 0.269 e. The van der Waals surface area contributed by atoms with Crippen molar-refractivity contribution in [3.8, 4) is 11.5 Å². The van der Waals surface area contributed by atoms with Crippen LogP contribution in [0.1, 0.15) is 5.56 Å². The van der Waals surface area contributed by atoms with E-state index >= 15 is 0 Å². The molecule has 0 fully saturated rings. The summed E-state index contributed by atoms with van der Waals surface area (Å²) < 4.78 is 11.8. The van der Waals surface area contributed by atoms with Gasteiger partial charge in [0.25, 0.3) is 5.69 Å². The normalized spacial score (nSPS) is 10.2. The van der Waals surface area contributed by atoms with Crippen LogP contribution in [0.3, 0.4) is 0 Å². The van der Waals surface area contributed by atoms with Gasteiger partial charge in [0, 0.05) is 23.0 Å². The van der Waals surface area contributed by atoms with Crippen LogP contribution in [0.15, 0.2) is 46.9 Å². The molecule has 0 bridgehead atoms. The molecule has 0 spiro atoms. The summed E-state index contributed by atoms with van der Waals surface area (Å²) in [5.41, 5.74) is 1.13. The molecule has 0 unspecified atom stereocenters. The summed E-state index contributed by atoms with van der Waals surface area (Å²) in [5, 5.41) is 10.6. The van der Waals surface area contributed by atoms with Crippen LogP contribution in [-0.4, -0.2) is 18.6 Å². The Morgan fingerprint density at radius 2 is 1.81 bits per heavy atom. The van der Waals surface area contributed by atoms with E-state index in [9.17, 15) is 10.1 Å². The van der Waals surface area contributed by atoms with Crippen molar-refractivity contribution in [3.63, 3.8) is 0 Å². The van der Waals surface area contributed by atoms with Crippen LogP contribution in [-0.2, 0) is 6.42 Å². The Morgan fingerprint density at radius 1 is 1.14 bits per heavy atom. The third-order valence-corrected chi connectivity index (χ3v) is 3.71. The maximum absolute atomic E-state index is 10.6. The molecule has 0 N–H and O–H groups in total. The first-order chi connectivity index (χ1) is 10.1. The monoisotopic (exact) mass is 351 g/mol. The molecule has 0 radical (unpaired) electrons. The third-order valence-electron chi connectivity index (χ3n) is 2.94. The van der Waals surface area contributed by atoms with Crippen molar-refractivity contribution in [2.24, 2.45) is 0 Å². The van der Waals surface area contributed by atoms with Gasteiger partial charge in [0.1, 0.15) is 11.5 Å². The van der Waals surface area contributed by atoms with Gasteiger partial charge in [-0.05, 0) is 35.9 Å². The zero-order chi connectivity index (χ0) is 15.2. The number of nitrogens with zero attached hydrogens (tertiary/aromatic N) is 1. The first-order valence-electron chi connectivity index (χ1n) is 6.30. The summed E-state index contributed by atoms with van der Waals surface area (Å²) >= 11 is 3.49. The van der Waals surface area contributed by atoms with Crippen molar-refractivity contribution in [2.75, 3.05) is 13.7 Å². The van der Waals surface area contributed by atoms with E-state index in [4.69, 9.17) is 9.47 Å². The largest absolute Gasteiger partial charge is 0.497 e. The highest BCUT2D eigenvalue weighted by molar-refractivity contribution is 9.10. The number of ether oxygens (including phenoxy) is 2. The molecule has 2 rings (SSSR count). The average molecular weight is 352 g/mol. The summed E-state index contributed by atoms with van der Waals surface area (Å²) in [5.74, 6) is 1.41. The van der Waals surface area contributed by atoms with E-state index in [2.05, 4.69) is 15.9 Å². The van der Waals surface area contributed by atoms with Crippen molar-refractivity contribution >= 4 is 21.6 Å². The molecule has 0 heterocycles. The number of methoxy groups -OCH3 is 1. The van der Waals surface area contributed by atoms with Gasteiger partial charge in [0.05, 0.1) is 18.6 Å². The first-order valence-corrected chi connectivity index (χ1v) is 7.09. The van der Waals surface area contributed by atoms with Gasteiger partial charge in [-0.2, -0.15) is 0 Å². The zero-order valence-corrected chi connectivity index (χ0v) is 13.0. The number of hydrogen-bond donors (Lipinski definition) is 0. The van der Waals surface area contributed by atoms with Gasteiger partial charge in [0.15, 0.2) is 0 Å². The van der Waals surface area contributed by atoms with Crippen LogP contribution < -0.4 is 9.47 Å². The maximum atomic E-state index is 10.6. The third kappa shape index (κ3) is 4.19. The summed E-state index contributed by atoms with van der Waals surface area (Å²) in [7, 11) is 1.63. The highest BCUT2D eigenvalue weighted by Crippen LogP contribution is 2.23. The quantitative estimate of drug-likeness (QED) is 0.583. The van der Waals surface area contributed by atoms with E-state index in [1.54, 1.807) is 19.2 Å². The van der Waals surface area contributed by atoms with Crippen LogP contribution in [0.2, 0.25) is 0 Å². The first kappa shape index (κ1) is 15.3. The van der Waals surface area contributed by atoms with E-state index in [1.165, 1.54) is 12.1 Å². The minimum Gasteiger partial charge on any atom is -0.497 e. The Balaban J connectivity index is 1.93. The fourth-order valence-corrected chi connectivity index (χ4v) is 2.26. The van der Waals surface area contributed by atoms with Crippen molar-refractivity contribution in [1.82, 2.24) is 0 Å². The van der Waals surface area contributed by atoms with Crippen LogP contribution in [0, 0.1) is 10.1 Å². The van der Waals surface area contributed by atoms with E-state index < -0.39 is 4.92 Å². The molecule has 5 nitrogen and oxygen atoms in total. The van der Waals surface area contributed by atoms with E-state index in [0.717, 1.165) is 15.8 Å². The minimum absolute atomic E-state index is 0.0536. The molecular weight excluding hydrogens is 338 g/mol. The number of nitro benzene ring substituents is 1. The van der Waals surface area contributed by atoms with Crippen molar-refractivity contribution < 1.29 is 14.4 Å². The summed E-state index contributed by atoms with van der Waals surface area (Å²) in [4.78, 5) is 10.1. The van der Waals surface area contributed by atoms with Gasteiger partial charge in [-0.3, -0.25) is 10.1 Å². The Bertz CT molecular complexity index is 628. The van der Waals surface area contributed by atoms with Crippen molar-refractivity contribution in [1.29, 1.82) is 0 Å². The predicted molar refractivity (Wildman–Crippen MR) is 83.0 cm³/mol. The number of benzene rings is 2. The van der Waals surface area contributed by atoms with Crippen LogP contribution in [0.5, 0.6) is 11.5 Å². The minimum atomic E-state index is -0.433. The van der Waals surface area contributed by atoms with Gasteiger partial charge in [-0.1, -0.05) is 15.9 Å². The van der Waals surface area contributed by atoms with Crippen molar-refractivity contribution in [3.05, 3.63) is 62.6 Å². The second-order valence-electron chi connectivity index (χ2n) is 4.31. The van der Waals surface area contributed by atoms with Crippen LogP contribution in [0.25, 0.3) is 0 Å². The Morgan fingerprint density at radius 3 is 2.43 bits per heavy atom. The number of non-ortho nitro benzene ring substituents is 1. The molecule has 2 aromatic rings. The Labute approximate surface area is 130 Å². The number of rotatable bonds is 6. The van der Waals surface area contributed by atoms with E-state index in [1.807, 2.05) is 18.2 Å². The zero-order valence-electron chi connectivity index (χ0n) is 11.4. The second kappa shape index (κ2) is 7.08. The Kier molecular flexibility index (Phi) is 5.16. The SMILES string of the molecule is COc1ccc(Br)c(CCOc2ccc([N+](=O)[O-])cc2)c1. The molecule has 0 amide bonds. The molecule has 0 saturated carbocycles. The van der Waals surface area contributed by atoms with Crippen LogP contribution in [0.4, 0.5) is 5.69 Å². The van der Waals surface area contributed by atoms with Gasteiger partial charge in [-0.25, -0.2) is 0 Å². The fourth-order valence-electron chi connectivity index (χ4n) is 1.81. The number of hydrogen-bond acceptors (Lipinski definition) is 4. The lowest BCUT2D eigenvalue weighted by molar-refractivity contribution is -0.384. The van der Waals surface area contributed by atoms with Crippen molar-refractivity contribution in [2.45, 2.75) is 6.42 Å². The van der Waals surface area contributed by atoms with Gasteiger partial charge in [0.2, 0.25) is 0 Å². The average Bonchev–Trinajstić information content (AvgIpc) is 2.49. The highest BCUT2D eigenvalue weighted by Gasteiger charge is 2.05. The van der Waals surface area contributed by atoms with Crippen LogP contribution >= 0.6 is 15.9 Å². The lowest BCUT2D eigenvalue weighted by atomic mass is 10.1. The topological polar surface area (TPSA) is 61.6 Å². The fraction of sp³-hybridized carbons (Fsp3) is 0.200. The number of halogens is 1. The Hall–Kier alpha value is -2.08. The summed E-state index contributed by atoms with van der Waals surface area (Å²) in [6, 6.07) is 11.8. The molecule has 0 aliphatic carbocycles. The van der Waals surface area contributed by atoms with Gasteiger partial charge < -0.3 is 9.47 Å². The summed E-state index contributed by atoms with van der Waals surface area (Å²) in [6.45, 7) is 0.476. The molecule has 0 saturated heterocycles. The molecule has 0 aliphatic rings. The lowest BCUT2D eigenvalue weighted by Crippen LogP contribution is -2.02. The lowest BCUT2D eigenvalue weighted by Gasteiger charge is -2.09. The molecule has 0 aliphatic heterocycles. The van der Waals surface area contributed by atoms with Gasteiger partial charge in [-0.15, -0.1) is 0 Å².